The molecule has 2 unspecified atom stereocenters. The lowest BCUT2D eigenvalue weighted by atomic mass is 10.1. The molecule has 222 valence electrons. The van der Waals surface area contributed by atoms with Crippen LogP contribution in [0, 0.1) is 5.92 Å². The van der Waals surface area contributed by atoms with Crippen LogP contribution in [0.3, 0.4) is 0 Å². The van der Waals surface area contributed by atoms with Gasteiger partial charge in [-0.15, -0.1) is 0 Å². The summed E-state index contributed by atoms with van der Waals surface area (Å²) in [6.07, 6.45) is 6.31. The molecule has 1 aromatic heterocycles. The van der Waals surface area contributed by atoms with Crippen LogP contribution >= 0.6 is 0 Å². The molecule has 3 aliphatic heterocycles. The second-order valence-corrected chi connectivity index (χ2v) is 11.2. The van der Waals surface area contributed by atoms with Crippen LogP contribution in [0.15, 0.2) is 52.3 Å². The summed E-state index contributed by atoms with van der Waals surface area (Å²) in [6, 6.07) is 10.4. The number of nitrogens with one attached hydrogen (secondary N) is 2. The number of carbonyl (C=O) groups is 1. The normalized spacial score (nSPS) is 21.5. The van der Waals surface area contributed by atoms with E-state index in [4.69, 9.17) is 9.57 Å². The maximum Gasteiger partial charge on any atom is 0.278 e. The summed E-state index contributed by atoms with van der Waals surface area (Å²) in [4.78, 5) is 57.9. The van der Waals surface area contributed by atoms with Gasteiger partial charge in [0.05, 0.1) is 5.56 Å². The van der Waals surface area contributed by atoms with Crippen molar-refractivity contribution in [1.82, 2.24) is 20.3 Å². The van der Waals surface area contributed by atoms with Gasteiger partial charge in [-0.1, -0.05) is 30.3 Å². The lowest BCUT2D eigenvalue weighted by Crippen LogP contribution is -2.52. The van der Waals surface area contributed by atoms with Crippen LogP contribution in [-0.4, -0.2) is 79.5 Å². The van der Waals surface area contributed by atoms with Crippen LogP contribution in [0.4, 0.5) is 17.3 Å². The molecule has 0 spiro atoms. The van der Waals surface area contributed by atoms with Crippen molar-refractivity contribution in [2.45, 2.75) is 38.5 Å². The molecule has 3 saturated heterocycles. The Morgan fingerprint density at radius 3 is 2.45 bits per heavy atom. The minimum Gasteiger partial charge on any atom is -0.380 e. The highest BCUT2D eigenvalue weighted by atomic mass is 16.8. The van der Waals surface area contributed by atoms with Crippen molar-refractivity contribution in [1.29, 1.82) is 0 Å². The van der Waals surface area contributed by atoms with Gasteiger partial charge in [0.1, 0.15) is 11.4 Å². The molecule has 3 aromatic rings. The third kappa shape index (κ3) is 6.45. The minimum atomic E-state index is -0.430. The molecule has 0 aliphatic carbocycles. The second-order valence-electron chi connectivity index (χ2n) is 11.2. The molecule has 42 heavy (non-hydrogen) atoms. The Morgan fingerprint density at radius 1 is 0.952 bits per heavy atom. The molecule has 0 bridgehead atoms. The Kier molecular flexibility index (Phi) is 8.73. The average molecular weight is 576 g/mol. The fraction of sp³-hybridized carbons (Fsp3) is 0.500. The number of anilines is 3. The van der Waals surface area contributed by atoms with Crippen molar-refractivity contribution in [2.75, 3.05) is 67.5 Å². The predicted molar refractivity (Wildman–Crippen MR) is 158 cm³/mol. The molecule has 0 radical (unpaired) electrons. The first-order valence-electron chi connectivity index (χ1n) is 14.8. The topological polar surface area (TPSA) is 129 Å². The van der Waals surface area contributed by atoms with Gasteiger partial charge in [0.15, 0.2) is 6.29 Å². The largest absolute Gasteiger partial charge is 0.380 e. The molecule has 2 N–H and O–H groups in total. The fourth-order valence-electron chi connectivity index (χ4n) is 5.87. The third-order valence-electron chi connectivity index (χ3n) is 8.27. The lowest BCUT2D eigenvalue weighted by molar-refractivity contribution is -0.186. The van der Waals surface area contributed by atoms with E-state index in [-0.39, 0.29) is 5.56 Å². The van der Waals surface area contributed by atoms with Crippen molar-refractivity contribution in [3.05, 3.63) is 74.3 Å². The number of ether oxygens (including phenoxy) is 1. The smallest absolute Gasteiger partial charge is 0.278 e. The molecule has 2 atom stereocenters. The van der Waals surface area contributed by atoms with Gasteiger partial charge in [-0.05, 0) is 37.3 Å². The summed E-state index contributed by atoms with van der Waals surface area (Å²) in [6.45, 7) is 6.52. The first-order chi connectivity index (χ1) is 20.5. The summed E-state index contributed by atoms with van der Waals surface area (Å²) in [7, 11) is 0. The second kappa shape index (κ2) is 13.0. The number of benzene rings is 1. The van der Waals surface area contributed by atoms with E-state index in [1.165, 1.54) is 18.0 Å². The van der Waals surface area contributed by atoms with Crippen LogP contribution in [0.1, 0.15) is 41.6 Å². The summed E-state index contributed by atoms with van der Waals surface area (Å²) < 4.78 is 5.45. The van der Waals surface area contributed by atoms with E-state index in [1.807, 2.05) is 15.9 Å². The van der Waals surface area contributed by atoms with Crippen LogP contribution in [-0.2, 0) is 16.1 Å². The number of carbonyl (C=O) groups excluding carboxylic acids is 1. The highest BCUT2D eigenvalue weighted by Crippen LogP contribution is 2.25. The monoisotopic (exact) mass is 575 g/mol. The van der Waals surface area contributed by atoms with Crippen LogP contribution in [0.2, 0.25) is 0 Å². The number of piperazine rings is 1. The molecule has 1 amide bonds. The molecule has 12 heteroatoms. The van der Waals surface area contributed by atoms with Gasteiger partial charge in [0.25, 0.3) is 16.8 Å². The molecule has 12 nitrogen and oxygen atoms in total. The SMILES string of the molecule is O=C(NOC1CCCCO1)c1cnc(N2CCN(c3c(NCC4CCN(Cc5ccccc5)C4)c(=O)c3=O)CC2)nc1. The molecular formula is C30H37N7O5. The molecule has 2 aromatic carbocycles. The van der Waals surface area contributed by atoms with E-state index in [2.05, 4.69) is 49.9 Å². The Bertz CT molecular complexity index is 1410. The lowest BCUT2D eigenvalue weighted by Gasteiger charge is -2.37. The van der Waals surface area contributed by atoms with Gasteiger partial charge in [0, 0.05) is 71.2 Å². The standard InChI is InChI=1S/C30H37N7O5/c38-27-25(31-16-22-9-10-35(20-22)19-21-6-2-1-3-7-21)26(28(27)39)36-11-13-37(14-12-36)30-32-17-23(18-33-30)29(40)34-42-24-8-4-5-15-41-24/h1-3,6-7,17-18,22,24,31H,4-5,8-16,19-20H2,(H,34,40). The number of hydroxylamine groups is 1. The Balaban J connectivity index is 0.972. The Hall–Kier alpha value is -3.87. The van der Waals surface area contributed by atoms with E-state index in [0.717, 1.165) is 45.3 Å². The van der Waals surface area contributed by atoms with Gasteiger partial charge < -0.3 is 19.9 Å². The summed E-state index contributed by atoms with van der Waals surface area (Å²) in [5.41, 5.74) is 4.10. The molecule has 3 fully saturated rings. The zero-order chi connectivity index (χ0) is 28.9. The van der Waals surface area contributed by atoms with E-state index in [9.17, 15) is 14.4 Å². The quantitative estimate of drug-likeness (QED) is 0.270. The number of rotatable bonds is 10. The molecule has 3 aliphatic rings. The van der Waals surface area contributed by atoms with Gasteiger partial charge in [-0.25, -0.2) is 20.3 Å². The number of aromatic nitrogens is 2. The fourth-order valence-corrected chi connectivity index (χ4v) is 5.87. The maximum atomic E-state index is 12.5. The Morgan fingerprint density at radius 2 is 1.71 bits per heavy atom. The zero-order valence-corrected chi connectivity index (χ0v) is 23.7. The maximum absolute atomic E-state index is 12.5. The van der Waals surface area contributed by atoms with Gasteiger partial charge in [-0.3, -0.25) is 19.3 Å². The van der Waals surface area contributed by atoms with Crippen molar-refractivity contribution < 1.29 is 14.4 Å². The molecule has 0 saturated carbocycles. The van der Waals surface area contributed by atoms with E-state index in [0.29, 0.717) is 62.6 Å². The highest BCUT2D eigenvalue weighted by Gasteiger charge is 2.30. The molecule has 6 rings (SSSR count). The molecule has 4 heterocycles. The molecular weight excluding hydrogens is 538 g/mol. The first-order valence-corrected chi connectivity index (χ1v) is 14.8. The van der Waals surface area contributed by atoms with Crippen LogP contribution < -0.4 is 31.5 Å². The number of nitrogens with zero attached hydrogens (tertiary/aromatic N) is 5. The predicted octanol–water partition coefficient (Wildman–Crippen LogP) is 1.52. The van der Waals surface area contributed by atoms with Gasteiger partial charge >= 0.3 is 0 Å². The van der Waals surface area contributed by atoms with E-state index >= 15 is 0 Å². The van der Waals surface area contributed by atoms with Crippen LogP contribution in [0.5, 0.6) is 0 Å². The first kappa shape index (κ1) is 28.3. The average Bonchev–Trinajstić information content (AvgIpc) is 3.49. The summed E-state index contributed by atoms with van der Waals surface area (Å²) >= 11 is 0. The van der Waals surface area contributed by atoms with Crippen molar-refractivity contribution in [3.8, 4) is 0 Å². The number of amides is 1. The van der Waals surface area contributed by atoms with Crippen molar-refractivity contribution in [2.24, 2.45) is 5.92 Å². The van der Waals surface area contributed by atoms with Crippen molar-refractivity contribution in [3.63, 3.8) is 0 Å². The minimum absolute atomic E-state index is 0.290. The van der Waals surface area contributed by atoms with Gasteiger partial charge in [-0.2, -0.15) is 0 Å². The summed E-state index contributed by atoms with van der Waals surface area (Å²) in [5, 5.41) is 3.31. The van der Waals surface area contributed by atoms with Crippen molar-refractivity contribution >= 4 is 23.2 Å². The Labute approximate surface area is 244 Å². The zero-order valence-electron chi connectivity index (χ0n) is 23.7. The third-order valence-corrected chi connectivity index (χ3v) is 8.27. The van der Waals surface area contributed by atoms with Crippen LogP contribution in [0.25, 0.3) is 0 Å². The highest BCUT2D eigenvalue weighted by molar-refractivity contribution is 5.92. The number of hydrogen-bond acceptors (Lipinski definition) is 11. The van der Waals surface area contributed by atoms with E-state index < -0.39 is 23.1 Å². The van der Waals surface area contributed by atoms with E-state index in [1.54, 1.807) is 0 Å². The van der Waals surface area contributed by atoms with Gasteiger partial charge in [0.2, 0.25) is 5.95 Å². The summed E-state index contributed by atoms with van der Waals surface area (Å²) in [5.74, 6) is 0.506. The number of likely N-dealkylation sites (tertiary alicyclic amines) is 1. The number of hydrogen-bond donors (Lipinski definition) is 2.